The highest BCUT2D eigenvalue weighted by Gasteiger charge is 2.28. The lowest BCUT2D eigenvalue weighted by atomic mass is 10.1. The van der Waals surface area contributed by atoms with E-state index in [1.807, 2.05) is 0 Å². The quantitative estimate of drug-likeness (QED) is 0.846. The maximum atomic E-state index is 12.1. The molecule has 5 nitrogen and oxygen atoms in total. The van der Waals surface area contributed by atoms with Gasteiger partial charge in [0.25, 0.3) is 5.91 Å². The van der Waals surface area contributed by atoms with Gasteiger partial charge in [-0.25, -0.2) is 4.79 Å². The van der Waals surface area contributed by atoms with Gasteiger partial charge in [0.05, 0.1) is 0 Å². The van der Waals surface area contributed by atoms with Crippen molar-refractivity contribution in [2.45, 2.75) is 52.7 Å². The Bertz CT molecular complexity index is 514. The van der Waals surface area contributed by atoms with E-state index < -0.39 is 12.1 Å². The molecule has 1 aromatic heterocycles. The van der Waals surface area contributed by atoms with E-state index in [1.165, 1.54) is 0 Å². The summed E-state index contributed by atoms with van der Waals surface area (Å²) in [5, 5.41) is 2.81. The second-order valence-corrected chi connectivity index (χ2v) is 5.04. The molecule has 1 heterocycles. The van der Waals surface area contributed by atoms with E-state index in [4.69, 9.17) is 9.15 Å². The number of hydrogen-bond donors (Lipinski definition) is 1. The molecule has 5 heteroatoms. The van der Waals surface area contributed by atoms with Crippen molar-refractivity contribution in [2.24, 2.45) is 0 Å². The molecule has 1 unspecified atom stereocenters. The first-order valence-electron chi connectivity index (χ1n) is 6.48. The number of hydrogen-bond acceptors (Lipinski definition) is 4. The number of nitrogens with one attached hydrogen (secondary N) is 1. The van der Waals surface area contributed by atoms with Gasteiger partial charge < -0.3 is 14.5 Å². The molecule has 1 atom stereocenters. The van der Waals surface area contributed by atoms with Crippen molar-refractivity contribution in [3.63, 3.8) is 0 Å². The Balaban J connectivity index is 2.01. The van der Waals surface area contributed by atoms with Crippen LogP contribution in [0.5, 0.6) is 0 Å². The molecule has 19 heavy (non-hydrogen) atoms. The van der Waals surface area contributed by atoms with E-state index in [2.05, 4.69) is 5.32 Å². The highest BCUT2D eigenvalue weighted by molar-refractivity contribution is 5.94. The molecule has 1 amide bonds. The molecule has 104 valence electrons. The van der Waals surface area contributed by atoms with Gasteiger partial charge in [-0.1, -0.05) is 0 Å². The Morgan fingerprint density at radius 2 is 1.89 bits per heavy atom. The fourth-order valence-corrected chi connectivity index (χ4v) is 1.91. The molecule has 1 saturated carbocycles. The van der Waals surface area contributed by atoms with Gasteiger partial charge in [-0.2, -0.15) is 0 Å². The van der Waals surface area contributed by atoms with Crippen molar-refractivity contribution >= 4 is 11.9 Å². The minimum absolute atomic E-state index is 0.244. The summed E-state index contributed by atoms with van der Waals surface area (Å²) >= 11 is 0. The number of carbonyl (C=O) groups excluding carboxylic acids is 2. The summed E-state index contributed by atoms with van der Waals surface area (Å²) in [5.74, 6) is 0.464. The van der Waals surface area contributed by atoms with E-state index in [9.17, 15) is 9.59 Å². The molecule has 0 aliphatic heterocycles. The van der Waals surface area contributed by atoms with Crippen LogP contribution in [-0.2, 0) is 9.53 Å². The lowest BCUT2D eigenvalue weighted by Gasteiger charge is -2.13. The molecule has 0 radical (unpaired) electrons. The average Bonchev–Trinajstić information content (AvgIpc) is 3.08. The highest BCUT2D eigenvalue weighted by Crippen LogP contribution is 2.22. The van der Waals surface area contributed by atoms with Crippen molar-refractivity contribution in [2.75, 3.05) is 0 Å². The first-order chi connectivity index (χ1) is 8.90. The number of rotatable bonds is 4. The van der Waals surface area contributed by atoms with Crippen LogP contribution in [-0.4, -0.2) is 24.0 Å². The maximum Gasteiger partial charge on any atom is 0.342 e. The largest absolute Gasteiger partial charge is 0.465 e. The van der Waals surface area contributed by atoms with Crippen molar-refractivity contribution in [1.29, 1.82) is 0 Å². The summed E-state index contributed by atoms with van der Waals surface area (Å²) in [5.41, 5.74) is 1.18. The summed E-state index contributed by atoms with van der Waals surface area (Å²) < 4.78 is 10.6. The number of esters is 1. The normalized spacial score (nSPS) is 16.0. The third kappa shape index (κ3) is 2.97. The van der Waals surface area contributed by atoms with Crippen molar-refractivity contribution < 1.29 is 18.7 Å². The molecular formula is C14H19NO4. The predicted octanol–water partition coefficient (Wildman–Crippen LogP) is 2.03. The molecular weight excluding hydrogens is 246 g/mol. The van der Waals surface area contributed by atoms with Gasteiger partial charge in [0.15, 0.2) is 6.10 Å². The van der Waals surface area contributed by atoms with Gasteiger partial charge in [-0.05, 0) is 40.5 Å². The third-order valence-corrected chi connectivity index (χ3v) is 3.34. The molecule has 1 aromatic rings. The van der Waals surface area contributed by atoms with Crippen LogP contribution in [0.15, 0.2) is 4.42 Å². The molecule has 2 rings (SSSR count). The Morgan fingerprint density at radius 3 is 2.37 bits per heavy atom. The zero-order valence-electron chi connectivity index (χ0n) is 11.7. The molecule has 0 aromatic carbocycles. The van der Waals surface area contributed by atoms with Gasteiger partial charge in [0.1, 0.15) is 17.1 Å². The Kier molecular flexibility index (Phi) is 3.64. The molecule has 0 bridgehead atoms. The van der Waals surface area contributed by atoms with Gasteiger partial charge in [-0.3, -0.25) is 4.79 Å². The fourth-order valence-electron chi connectivity index (χ4n) is 1.91. The molecule has 1 aliphatic carbocycles. The van der Waals surface area contributed by atoms with E-state index in [0.29, 0.717) is 17.1 Å². The standard InChI is InChI=1S/C14H19NO4/c1-7-8(2)18-9(3)12(7)14(17)19-10(4)13(16)15-11-5-6-11/h10-11H,5-6H2,1-4H3,(H,15,16). The van der Waals surface area contributed by atoms with Crippen LogP contribution in [0.3, 0.4) is 0 Å². The van der Waals surface area contributed by atoms with Crippen molar-refractivity contribution in [1.82, 2.24) is 5.32 Å². The first-order valence-corrected chi connectivity index (χ1v) is 6.48. The number of ether oxygens (including phenoxy) is 1. The lowest BCUT2D eigenvalue weighted by molar-refractivity contribution is -0.129. The SMILES string of the molecule is Cc1oc(C)c(C(=O)OC(C)C(=O)NC2CC2)c1C. The zero-order valence-corrected chi connectivity index (χ0v) is 11.7. The zero-order chi connectivity index (χ0) is 14.2. The third-order valence-electron chi connectivity index (χ3n) is 3.34. The summed E-state index contributed by atoms with van der Waals surface area (Å²) in [7, 11) is 0. The van der Waals surface area contributed by atoms with Crippen LogP contribution in [0.1, 0.15) is 47.2 Å². The van der Waals surface area contributed by atoms with Crippen LogP contribution in [0.2, 0.25) is 0 Å². The smallest absolute Gasteiger partial charge is 0.342 e. The molecule has 1 fully saturated rings. The summed E-state index contributed by atoms with van der Waals surface area (Å²) in [6, 6.07) is 0.258. The molecule has 0 saturated heterocycles. The first kappa shape index (κ1) is 13.6. The Hall–Kier alpha value is -1.78. The summed E-state index contributed by atoms with van der Waals surface area (Å²) in [6.07, 6.45) is 1.22. The van der Waals surface area contributed by atoms with Crippen molar-refractivity contribution in [3.05, 3.63) is 22.6 Å². The second-order valence-electron chi connectivity index (χ2n) is 5.04. The minimum Gasteiger partial charge on any atom is -0.465 e. The van der Waals surface area contributed by atoms with E-state index in [1.54, 1.807) is 27.7 Å². The lowest BCUT2D eigenvalue weighted by Crippen LogP contribution is -2.37. The Labute approximate surface area is 112 Å². The van der Waals surface area contributed by atoms with Crippen molar-refractivity contribution in [3.8, 4) is 0 Å². The molecule has 0 spiro atoms. The summed E-state index contributed by atoms with van der Waals surface area (Å²) in [4.78, 5) is 23.8. The molecule has 1 aliphatic rings. The molecule has 1 N–H and O–H groups in total. The monoisotopic (exact) mass is 265 g/mol. The van der Waals surface area contributed by atoms with Crippen LogP contribution in [0.25, 0.3) is 0 Å². The number of furan rings is 1. The minimum atomic E-state index is -0.790. The van der Waals surface area contributed by atoms with E-state index in [-0.39, 0.29) is 11.9 Å². The number of aryl methyl sites for hydroxylation is 2. The van der Waals surface area contributed by atoms with Crippen LogP contribution >= 0.6 is 0 Å². The van der Waals surface area contributed by atoms with Gasteiger partial charge in [0, 0.05) is 11.6 Å². The van der Waals surface area contributed by atoms with Gasteiger partial charge >= 0.3 is 5.97 Å². The van der Waals surface area contributed by atoms with Crippen LogP contribution in [0.4, 0.5) is 0 Å². The topological polar surface area (TPSA) is 68.5 Å². The van der Waals surface area contributed by atoms with E-state index >= 15 is 0 Å². The summed E-state index contributed by atoms with van der Waals surface area (Å²) in [6.45, 7) is 6.89. The van der Waals surface area contributed by atoms with E-state index in [0.717, 1.165) is 18.4 Å². The second kappa shape index (κ2) is 5.07. The fraction of sp³-hybridized carbons (Fsp3) is 0.571. The number of amides is 1. The average molecular weight is 265 g/mol. The van der Waals surface area contributed by atoms with Gasteiger partial charge in [0.2, 0.25) is 0 Å². The van der Waals surface area contributed by atoms with Crippen LogP contribution in [0, 0.1) is 20.8 Å². The van der Waals surface area contributed by atoms with Crippen LogP contribution < -0.4 is 5.32 Å². The Morgan fingerprint density at radius 1 is 1.26 bits per heavy atom. The number of carbonyl (C=O) groups is 2. The van der Waals surface area contributed by atoms with Gasteiger partial charge in [-0.15, -0.1) is 0 Å². The highest BCUT2D eigenvalue weighted by atomic mass is 16.5. The predicted molar refractivity (Wildman–Crippen MR) is 69.0 cm³/mol. The maximum absolute atomic E-state index is 12.1.